The maximum absolute atomic E-state index is 11.4. The number of hydrogen-bond acceptors (Lipinski definition) is 6. The van der Waals surface area contributed by atoms with Crippen molar-refractivity contribution >= 4 is 5.97 Å². The summed E-state index contributed by atoms with van der Waals surface area (Å²) in [6, 6.07) is 10.6. The molecule has 2 aromatic rings. The Balaban J connectivity index is 2.35. The maximum Gasteiger partial charge on any atom is 0.322 e. The zero-order valence-electron chi connectivity index (χ0n) is 14.9. The molecule has 0 radical (unpaired) electrons. The summed E-state index contributed by atoms with van der Waals surface area (Å²) in [4.78, 5) is 11.4. The first-order chi connectivity index (χ1) is 12.0. The number of rotatable bonds is 7. The van der Waals surface area contributed by atoms with Crippen molar-refractivity contribution in [2.24, 2.45) is 5.73 Å². The van der Waals surface area contributed by atoms with Crippen LogP contribution in [0.2, 0.25) is 0 Å². The number of ether oxygens (including phenoxy) is 4. The highest BCUT2D eigenvalue weighted by atomic mass is 16.5. The second-order valence-electron chi connectivity index (χ2n) is 5.44. The molecule has 134 valence electrons. The topological polar surface area (TPSA) is 80.0 Å². The van der Waals surface area contributed by atoms with E-state index in [0.717, 1.165) is 16.7 Å². The molecular formula is C19H23NO5. The predicted molar refractivity (Wildman–Crippen MR) is 95.2 cm³/mol. The minimum atomic E-state index is -0.680. The monoisotopic (exact) mass is 345 g/mol. The molecule has 0 fully saturated rings. The van der Waals surface area contributed by atoms with Crippen LogP contribution in [0.1, 0.15) is 5.56 Å². The van der Waals surface area contributed by atoms with Crippen LogP contribution < -0.4 is 19.9 Å². The van der Waals surface area contributed by atoms with Gasteiger partial charge in [0, 0.05) is 12.1 Å². The smallest absolute Gasteiger partial charge is 0.322 e. The number of carbonyl (C=O) groups is 1. The van der Waals surface area contributed by atoms with Gasteiger partial charge in [-0.05, 0) is 17.5 Å². The van der Waals surface area contributed by atoms with E-state index < -0.39 is 12.0 Å². The Labute approximate surface area is 147 Å². The summed E-state index contributed by atoms with van der Waals surface area (Å²) >= 11 is 0. The van der Waals surface area contributed by atoms with Crippen LogP contribution in [0.4, 0.5) is 0 Å². The van der Waals surface area contributed by atoms with Crippen LogP contribution in [0, 0.1) is 0 Å². The summed E-state index contributed by atoms with van der Waals surface area (Å²) in [7, 11) is 6.11. The summed E-state index contributed by atoms with van der Waals surface area (Å²) < 4.78 is 20.9. The summed E-state index contributed by atoms with van der Waals surface area (Å²) in [6.07, 6.45) is 0.407. The van der Waals surface area contributed by atoms with Gasteiger partial charge in [-0.1, -0.05) is 24.3 Å². The largest absolute Gasteiger partial charge is 0.496 e. The average Bonchev–Trinajstić information content (AvgIpc) is 2.66. The van der Waals surface area contributed by atoms with Gasteiger partial charge in [0.15, 0.2) is 0 Å². The van der Waals surface area contributed by atoms with Crippen LogP contribution >= 0.6 is 0 Å². The summed E-state index contributed by atoms with van der Waals surface area (Å²) in [5.74, 6) is 1.52. The minimum Gasteiger partial charge on any atom is -0.496 e. The molecule has 0 amide bonds. The van der Waals surface area contributed by atoms with Gasteiger partial charge < -0.3 is 24.7 Å². The van der Waals surface area contributed by atoms with Crippen molar-refractivity contribution in [3.05, 3.63) is 42.0 Å². The first-order valence-corrected chi connectivity index (χ1v) is 7.76. The molecule has 0 bridgehead atoms. The van der Waals surface area contributed by atoms with Crippen LogP contribution in [-0.2, 0) is 16.0 Å². The van der Waals surface area contributed by atoms with Gasteiger partial charge in [-0.15, -0.1) is 0 Å². The van der Waals surface area contributed by atoms with Crippen LogP contribution in [0.5, 0.6) is 17.2 Å². The number of carbonyl (C=O) groups excluding carboxylic acids is 1. The molecule has 2 N–H and O–H groups in total. The van der Waals surface area contributed by atoms with Gasteiger partial charge in [-0.3, -0.25) is 4.79 Å². The Hall–Kier alpha value is -2.73. The molecule has 2 aromatic carbocycles. The van der Waals surface area contributed by atoms with E-state index in [1.807, 2.05) is 24.3 Å². The highest BCUT2D eigenvalue weighted by Crippen LogP contribution is 2.41. The number of benzene rings is 2. The van der Waals surface area contributed by atoms with Crippen LogP contribution in [0.25, 0.3) is 11.1 Å². The number of methoxy groups -OCH3 is 4. The lowest BCUT2D eigenvalue weighted by Gasteiger charge is -2.16. The van der Waals surface area contributed by atoms with Crippen LogP contribution in [-0.4, -0.2) is 40.5 Å². The molecule has 6 nitrogen and oxygen atoms in total. The highest BCUT2D eigenvalue weighted by Gasteiger charge is 2.17. The first-order valence-electron chi connectivity index (χ1n) is 7.76. The van der Waals surface area contributed by atoms with Crippen LogP contribution in [0.15, 0.2) is 36.4 Å². The van der Waals surface area contributed by atoms with Crippen molar-refractivity contribution in [1.82, 2.24) is 0 Å². The molecule has 0 aliphatic carbocycles. The van der Waals surface area contributed by atoms with E-state index in [4.69, 9.17) is 19.9 Å². The van der Waals surface area contributed by atoms with Gasteiger partial charge in [-0.25, -0.2) is 0 Å². The Kier molecular flexibility index (Phi) is 6.25. The molecule has 25 heavy (non-hydrogen) atoms. The lowest BCUT2D eigenvalue weighted by atomic mass is 9.99. The van der Waals surface area contributed by atoms with Gasteiger partial charge >= 0.3 is 5.97 Å². The average molecular weight is 345 g/mol. The van der Waals surface area contributed by atoms with E-state index in [1.165, 1.54) is 7.11 Å². The molecule has 0 heterocycles. The first kappa shape index (κ1) is 18.6. The van der Waals surface area contributed by atoms with E-state index in [1.54, 1.807) is 33.5 Å². The van der Waals surface area contributed by atoms with E-state index in [0.29, 0.717) is 23.7 Å². The van der Waals surface area contributed by atoms with Crippen molar-refractivity contribution < 1.29 is 23.7 Å². The van der Waals surface area contributed by atoms with Crippen molar-refractivity contribution in [2.45, 2.75) is 12.5 Å². The second-order valence-corrected chi connectivity index (χ2v) is 5.44. The fraction of sp³-hybridized carbons (Fsp3) is 0.316. The zero-order valence-corrected chi connectivity index (χ0v) is 14.9. The van der Waals surface area contributed by atoms with E-state index in [-0.39, 0.29) is 0 Å². The van der Waals surface area contributed by atoms with Crippen molar-refractivity contribution in [2.75, 3.05) is 28.4 Å². The summed E-state index contributed by atoms with van der Waals surface area (Å²) in [5, 5.41) is 0. The number of esters is 1. The molecule has 0 spiro atoms. The quantitative estimate of drug-likeness (QED) is 0.776. The fourth-order valence-corrected chi connectivity index (χ4v) is 2.59. The van der Waals surface area contributed by atoms with Gasteiger partial charge in [0.25, 0.3) is 0 Å². The summed E-state index contributed by atoms with van der Waals surface area (Å²) in [5.41, 5.74) is 8.49. The lowest BCUT2D eigenvalue weighted by Crippen LogP contribution is -2.33. The van der Waals surface area contributed by atoms with Gasteiger partial charge in [0.2, 0.25) is 0 Å². The van der Waals surface area contributed by atoms with Gasteiger partial charge in [0.05, 0.1) is 34.0 Å². The van der Waals surface area contributed by atoms with Crippen molar-refractivity contribution in [3.63, 3.8) is 0 Å². The second kappa shape index (κ2) is 8.39. The van der Waals surface area contributed by atoms with E-state index >= 15 is 0 Å². The third-order valence-electron chi connectivity index (χ3n) is 3.92. The molecule has 0 aliphatic heterocycles. The lowest BCUT2D eigenvalue weighted by molar-refractivity contribution is -0.142. The molecule has 0 unspecified atom stereocenters. The molecule has 0 saturated carbocycles. The van der Waals surface area contributed by atoms with E-state index in [9.17, 15) is 4.79 Å². The molecule has 0 saturated heterocycles. The highest BCUT2D eigenvalue weighted by molar-refractivity contribution is 5.79. The van der Waals surface area contributed by atoms with Crippen molar-refractivity contribution in [3.8, 4) is 28.4 Å². The summed E-state index contributed by atoms with van der Waals surface area (Å²) in [6.45, 7) is 0. The third-order valence-corrected chi connectivity index (χ3v) is 3.92. The maximum atomic E-state index is 11.4. The number of nitrogens with two attached hydrogens (primary N) is 1. The van der Waals surface area contributed by atoms with E-state index in [2.05, 4.69) is 4.74 Å². The minimum absolute atomic E-state index is 0.407. The Morgan fingerprint density at radius 1 is 0.960 bits per heavy atom. The van der Waals surface area contributed by atoms with Crippen molar-refractivity contribution in [1.29, 1.82) is 0 Å². The molecular weight excluding hydrogens is 322 g/mol. The third kappa shape index (κ3) is 4.22. The molecule has 2 rings (SSSR count). The Bertz CT molecular complexity index is 702. The molecule has 0 aromatic heterocycles. The zero-order chi connectivity index (χ0) is 18.4. The fourth-order valence-electron chi connectivity index (χ4n) is 2.59. The van der Waals surface area contributed by atoms with Gasteiger partial charge in [-0.2, -0.15) is 0 Å². The van der Waals surface area contributed by atoms with Crippen LogP contribution in [0.3, 0.4) is 0 Å². The normalized spacial score (nSPS) is 11.6. The predicted octanol–water partition coefficient (Wildman–Crippen LogP) is 2.42. The Morgan fingerprint density at radius 2 is 1.52 bits per heavy atom. The number of hydrogen-bond donors (Lipinski definition) is 1. The molecule has 1 atom stereocenters. The van der Waals surface area contributed by atoms with Gasteiger partial charge in [0.1, 0.15) is 23.3 Å². The standard InChI is InChI=1S/C19H23NO5/c1-22-14-10-16(23-2)18(17(11-14)24-3)13-7-5-12(6-8-13)9-15(20)19(21)25-4/h5-8,10-11,15H,9,20H2,1-4H3/t15-/m0/s1. The molecule has 6 heteroatoms. The molecule has 0 aliphatic rings. The Morgan fingerprint density at radius 3 is 1.96 bits per heavy atom. The SMILES string of the molecule is COC(=O)[C@@H](N)Cc1ccc(-c2c(OC)cc(OC)cc2OC)cc1.